The number of hydrogen-bond donors (Lipinski definition) is 1. The highest BCUT2D eigenvalue weighted by Crippen LogP contribution is 2.43. The van der Waals surface area contributed by atoms with Crippen LogP contribution < -0.4 is 10.1 Å². The summed E-state index contributed by atoms with van der Waals surface area (Å²) in [5, 5.41) is 3.42. The van der Waals surface area contributed by atoms with Gasteiger partial charge in [0.05, 0.1) is 6.61 Å². The number of carbonyl (C=O) groups is 1. The highest BCUT2D eigenvalue weighted by molar-refractivity contribution is 5.85. The van der Waals surface area contributed by atoms with Crippen LogP contribution in [0, 0.1) is 11.3 Å². The van der Waals surface area contributed by atoms with Crippen LogP contribution in [0.5, 0.6) is 5.75 Å². The largest absolute Gasteiger partial charge is 0.484 e. The monoisotopic (exact) mass is 354 g/mol. The molecule has 1 N–H and O–H groups in total. The van der Waals surface area contributed by atoms with Crippen molar-refractivity contribution in [2.45, 2.75) is 12.8 Å². The van der Waals surface area contributed by atoms with Crippen LogP contribution in [-0.4, -0.2) is 57.3 Å². The van der Waals surface area contributed by atoms with Crippen molar-refractivity contribution in [2.24, 2.45) is 11.3 Å². The molecule has 2 aliphatic rings. The van der Waals surface area contributed by atoms with Crippen molar-refractivity contribution in [3.63, 3.8) is 0 Å². The lowest BCUT2D eigenvalue weighted by Crippen LogP contribution is -2.43. The summed E-state index contributed by atoms with van der Waals surface area (Å²) >= 11 is 0. The van der Waals surface area contributed by atoms with Gasteiger partial charge in [-0.1, -0.05) is 18.2 Å². The molecule has 1 aromatic rings. The second-order valence-corrected chi connectivity index (χ2v) is 6.64. The van der Waals surface area contributed by atoms with E-state index in [1.54, 1.807) is 7.11 Å². The number of ether oxygens (including phenoxy) is 2. The molecular formula is C18H27ClN2O3. The van der Waals surface area contributed by atoms with Crippen LogP contribution in [-0.2, 0) is 9.53 Å². The van der Waals surface area contributed by atoms with E-state index in [1.807, 2.05) is 35.2 Å². The van der Waals surface area contributed by atoms with Gasteiger partial charge in [0, 0.05) is 26.1 Å². The molecule has 2 heterocycles. The molecule has 2 saturated heterocycles. The SMILES string of the molecule is COCC1CN(C(=O)COc2ccccc2)CC12CCNCC2.Cl. The van der Waals surface area contributed by atoms with Crippen molar-refractivity contribution in [1.29, 1.82) is 0 Å². The van der Waals surface area contributed by atoms with E-state index in [0.29, 0.717) is 5.92 Å². The molecule has 134 valence electrons. The van der Waals surface area contributed by atoms with Crippen LogP contribution >= 0.6 is 12.4 Å². The Kier molecular flexibility index (Phi) is 6.90. The van der Waals surface area contributed by atoms with E-state index in [-0.39, 0.29) is 30.3 Å². The van der Waals surface area contributed by atoms with E-state index >= 15 is 0 Å². The summed E-state index contributed by atoms with van der Waals surface area (Å²) in [7, 11) is 1.75. The Hall–Kier alpha value is -1.30. The summed E-state index contributed by atoms with van der Waals surface area (Å²) in [6.07, 6.45) is 2.23. The van der Waals surface area contributed by atoms with Gasteiger partial charge in [0.25, 0.3) is 5.91 Å². The molecule has 0 aromatic heterocycles. The van der Waals surface area contributed by atoms with Gasteiger partial charge in [-0.05, 0) is 43.5 Å². The van der Waals surface area contributed by atoms with E-state index in [9.17, 15) is 4.79 Å². The van der Waals surface area contributed by atoms with Gasteiger partial charge in [-0.15, -0.1) is 12.4 Å². The first-order valence-corrected chi connectivity index (χ1v) is 8.39. The van der Waals surface area contributed by atoms with Gasteiger partial charge in [-0.2, -0.15) is 0 Å². The van der Waals surface area contributed by atoms with Crippen LogP contribution in [0.25, 0.3) is 0 Å². The Balaban J connectivity index is 0.00000208. The van der Waals surface area contributed by atoms with Crippen LogP contribution in [0.1, 0.15) is 12.8 Å². The maximum absolute atomic E-state index is 12.5. The molecule has 0 saturated carbocycles. The molecule has 0 aliphatic carbocycles. The average Bonchev–Trinajstić information content (AvgIpc) is 2.93. The minimum Gasteiger partial charge on any atom is -0.484 e. The number of nitrogens with zero attached hydrogens (tertiary/aromatic N) is 1. The molecule has 24 heavy (non-hydrogen) atoms. The van der Waals surface area contributed by atoms with Crippen molar-refractivity contribution in [2.75, 3.05) is 46.5 Å². The smallest absolute Gasteiger partial charge is 0.260 e. The van der Waals surface area contributed by atoms with Crippen LogP contribution in [0.4, 0.5) is 0 Å². The summed E-state index contributed by atoms with van der Waals surface area (Å²) in [4.78, 5) is 14.5. The van der Waals surface area contributed by atoms with Gasteiger partial charge in [0.15, 0.2) is 6.61 Å². The third-order valence-corrected chi connectivity index (χ3v) is 5.24. The number of rotatable bonds is 5. The predicted octanol–water partition coefficient (Wildman–Crippen LogP) is 1.96. The Morgan fingerprint density at radius 3 is 2.67 bits per heavy atom. The van der Waals surface area contributed by atoms with Gasteiger partial charge in [0.2, 0.25) is 0 Å². The number of methoxy groups -OCH3 is 1. The maximum Gasteiger partial charge on any atom is 0.260 e. The van der Waals surface area contributed by atoms with Crippen LogP contribution in [0.3, 0.4) is 0 Å². The quantitative estimate of drug-likeness (QED) is 0.878. The van der Waals surface area contributed by atoms with Crippen molar-refractivity contribution in [1.82, 2.24) is 10.2 Å². The molecule has 1 spiro atoms. The summed E-state index contributed by atoms with van der Waals surface area (Å²) in [6, 6.07) is 9.51. The van der Waals surface area contributed by atoms with Gasteiger partial charge in [0.1, 0.15) is 5.75 Å². The lowest BCUT2D eigenvalue weighted by atomic mass is 9.71. The fourth-order valence-electron chi connectivity index (χ4n) is 3.90. The first-order chi connectivity index (χ1) is 11.2. The molecule has 5 nitrogen and oxygen atoms in total. The third-order valence-electron chi connectivity index (χ3n) is 5.24. The second-order valence-electron chi connectivity index (χ2n) is 6.64. The lowest BCUT2D eigenvalue weighted by Gasteiger charge is -2.38. The highest BCUT2D eigenvalue weighted by atomic mass is 35.5. The summed E-state index contributed by atoms with van der Waals surface area (Å²) in [6.45, 7) is 4.51. The Labute approximate surface area is 150 Å². The fraction of sp³-hybridized carbons (Fsp3) is 0.611. The summed E-state index contributed by atoms with van der Waals surface area (Å²) in [5.74, 6) is 1.24. The van der Waals surface area contributed by atoms with Crippen molar-refractivity contribution < 1.29 is 14.3 Å². The first-order valence-electron chi connectivity index (χ1n) is 8.39. The summed E-state index contributed by atoms with van der Waals surface area (Å²) in [5.41, 5.74) is 0.212. The number of piperidine rings is 1. The normalized spacial score (nSPS) is 22.2. The van der Waals surface area contributed by atoms with Gasteiger partial charge < -0.3 is 19.7 Å². The minimum atomic E-state index is 0. The molecule has 2 fully saturated rings. The standard InChI is InChI=1S/C18H26N2O3.ClH/c1-22-12-15-11-20(14-18(15)7-9-19-10-8-18)17(21)13-23-16-5-3-2-4-6-16;/h2-6,15,19H,7-14H2,1H3;1H. The predicted molar refractivity (Wildman–Crippen MR) is 95.7 cm³/mol. The molecular weight excluding hydrogens is 328 g/mol. The van der Waals surface area contributed by atoms with E-state index in [2.05, 4.69) is 5.32 Å². The molecule has 1 aromatic carbocycles. The van der Waals surface area contributed by atoms with Crippen molar-refractivity contribution in [3.05, 3.63) is 30.3 Å². The molecule has 1 unspecified atom stereocenters. The zero-order chi connectivity index (χ0) is 16.1. The number of nitrogens with one attached hydrogen (secondary N) is 1. The first kappa shape index (κ1) is 19.0. The van der Waals surface area contributed by atoms with Crippen LogP contribution in [0.15, 0.2) is 30.3 Å². The minimum absolute atomic E-state index is 0. The van der Waals surface area contributed by atoms with E-state index in [1.165, 1.54) is 0 Å². The lowest BCUT2D eigenvalue weighted by molar-refractivity contribution is -0.132. The van der Waals surface area contributed by atoms with E-state index in [0.717, 1.165) is 51.4 Å². The molecule has 0 bridgehead atoms. The highest BCUT2D eigenvalue weighted by Gasteiger charge is 2.48. The van der Waals surface area contributed by atoms with Gasteiger partial charge in [-0.3, -0.25) is 4.79 Å². The number of benzene rings is 1. The molecule has 1 amide bonds. The zero-order valence-electron chi connectivity index (χ0n) is 14.2. The van der Waals surface area contributed by atoms with Crippen LogP contribution in [0.2, 0.25) is 0 Å². The number of hydrogen-bond acceptors (Lipinski definition) is 4. The van der Waals surface area contributed by atoms with E-state index < -0.39 is 0 Å². The number of amides is 1. The fourth-order valence-corrected chi connectivity index (χ4v) is 3.90. The summed E-state index contributed by atoms with van der Waals surface area (Å²) < 4.78 is 11.0. The molecule has 3 rings (SSSR count). The number of likely N-dealkylation sites (tertiary alicyclic amines) is 1. The Bertz CT molecular complexity index is 520. The van der Waals surface area contributed by atoms with Crippen molar-refractivity contribution in [3.8, 4) is 5.75 Å². The third kappa shape index (κ3) is 4.21. The molecule has 1 atom stereocenters. The number of para-hydroxylation sites is 1. The topological polar surface area (TPSA) is 50.8 Å². The van der Waals surface area contributed by atoms with Crippen molar-refractivity contribution >= 4 is 18.3 Å². The van der Waals surface area contributed by atoms with E-state index in [4.69, 9.17) is 9.47 Å². The Morgan fingerprint density at radius 2 is 2.00 bits per heavy atom. The zero-order valence-corrected chi connectivity index (χ0v) is 15.0. The van der Waals surface area contributed by atoms with Gasteiger partial charge in [-0.25, -0.2) is 0 Å². The molecule has 0 radical (unpaired) electrons. The average molecular weight is 355 g/mol. The molecule has 6 heteroatoms. The number of halogens is 1. The molecule has 2 aliphatic heterocycles. The van der Waals surface area contributed by atoms with Gasteiger partial charge >= 0.3 is 0 Å². The number of carbonyl (C=O) groups excluding carboxylic acids is 1. The Morgan fingerprint density at radius 1 is 1.29 bits per heavy atom. The maximum atomic E-state index is 12.5. The second kappa shape index (κ2) is 8.70.